The lowest BCUT2D eigenvalue weighted by Gasteiger charge is -2.38. The summed E-state index contributed by atoms with van der Waals surface area (Å²) in [6, 6.07) is 0. The maximum Gasteiger partial charge on any atom is 0.266 e. The predicted molar refractivity (Wildman–Crippen MR) is 75.5 cm³/mol. The average molecular weight is 254 g/mol. The summed E-state index contributed by atoms with van der Waals surface area (Å²) in [5.41, 5.74) is 7.48. The van der Waals surface area contributed by atoms with Gasteiger partial charge in [-0.2, -0.15) is 0 Å². The maximum absolute atomic E-state index is 5.92. The quantitative estimate of drug-likeness (QED) is 0.589. The highest BCUT2D eigenvalue weighted by molar-refractivity contribution is 7.45. The second kappa shape index (κ2) is 6.80. The first kappa shape index (κ1) is 15.3. The van der Waals surface area contributed by atoms with Crippen molar-refractivity contribution < 1.29 is 8.85 Å². The predicted octanol–water partition coefficient (Wildman–Crippen LogP) is 2.93. The topological polar surface area (TPSA) is 18.5 Å². The third-order valence-electron chi connectivity index (χ3n) is 2.59. The van der Waals surface area contributed by atoms with Gasteiger partial charge in [0.1, 0.15) is 0 Å². The van der Waals surface area contributed by atoms with Gasteiger partial charge >= 0.3 is 0 Å². The molecule has 0 bridgehead atoms. The second-order valence-corrected chi connectivity index (χ2v) is 13.3. The summed E-state index contributed by atoms with van der Waals surface area (Å²) in [5, 5.41) is 0. The van der Waals surface area contributed by atoms with Crippen molar-refractivity contribution in [2.75, 3.05) is 13.2 Å². The molecule has 90 valence electrons. The van der Waals surface area contributed by atoms with Crippen LogP contribution in [0.25, 0.3) is 0 Å². The van der Waals surface area contributed by atoms with E-state index in [1.54, 1.807) is 0 Å². The fourth-order valence-electron chi connectivity index (χ4n) is 1.74. The van der Waals surface area contributed by atoms with Crippen LogP contribution in [0.5, 0.6) is 0 Å². The smallest absolute Gasteiger partial charge is 0.266 e. The Hall–Kier alpha value is -0.686. The highest BCUT2D eigenvalue weighted by atomic mass is 29.3. The second-order valence-electron chi connectivity index (χ2n) is 3.27. The molecule has 2 nitrogen and oxygen atoms in total. The molecule has 0 aromatic rings. The van der Waals surface area contributed by atoms with Crippen molar-refractivity contribution in [3.8, 4) is 0 Å². The molecule has 0 aliphatic heterocycles. The molecule has 0 rings (SSSR count). The minimum Gasteiger partial charge on any atom is -0.409 e. The Kier molecular flexibility index (Phi) is 6.51. The lowest BCUT2D eigenvalue weighted by Crippen LogP contribution is -2.63. The van der Waals surface area contributed by atoms with Crippen molar-refractivity contribution in [2.24, 2.45) is 0 Å². The molecule has 0 spiro atoms. The van der Waals surface area contributed by atoms with Gasteiger partial charge in [0, 0.05) is 13.2 Å². The molecule has 0 radical (unpaired) electrons. The summed E-state index contributed by atoms with van der Waals surface area (Å²) in [6.45, 7) is 20.7. The van der Waals surface area contributed by atoms with Gasteiger partial charge in [0.05, 0.1) is 0 Å². The molecule has 16 heavy (non-hydrogen) atoms. The van der Waals surface area contributed by atoms with E-state index in [1.807, 2.05) is 36.6 Å². The third kappa shape index (κ3) is 2.52. The van der Waals surface area contributed by atoms with E-state index in [1.165, 1.54) is 0 Å². The zero-order valence-electron chi connectivity index (χ0n) is 10.4. The molecule has 0 saturated carbocycles. The first-order valence-electron chi connectivity index (χ1n) is 5.44. The van der Waals surface area contributed by atoms with Crippen LogP contribution in [-0.4, -0.2) is 28.9 Å². The lowest BCUT2D eigenvalue weighted by atomic mass is 10.9. The Morgan fingerprint density at radius 3 is 1.12 bits per heavy atom. The van der Waals surface area contributed by atoms with E-state index in [-0.39, 0.29) is 0 Å². The number of rotatable bonds is 9. The average Bonchev–Trinajstić information content (AvgIpc) is 2.33. The molecule has 0 fully saturated rings. The van der Waals surface area contributed by atoms with Gasteiger partial charge in [-0.05, 0) is 13.8 Å². The van der Waals surface area contributed by atoms with Crippen LogP contribution in [0, 0.1) is 0 Å². The van der Waals surface area contributed by atoms with Crippen LogP contribution >= 0.6 is 0 Å². The molecule has 0 aromatic carbocycles. The SMILES string of the molecule is C=C[Si](C=C)(OCC)[Si](C=C)(C=C)OCC. The first-order valence-corrected chi connectivity index (χ1v) is 10.6. The summed E-state index contributed by atoms with van der Waals surface area (Å²) < 4.78 is 11.8. The molecule has 0 atom stereocenters. The van der Waals surface area contributed by atoms with Gasteiger partial charge in [-0.15, -0.1) is 26.3 Å². The molecule has 0 aliphatic rings. The van der Waals surface area contributed by atoms with E-state index in [4.69, 9.17) is 8.85 Å². The molecular weight excluding hydrogens is 232 g/mol. The van der Waals surface area contributed by atoms with Crippen molar-refractivity contribution in [3.05, 3.63) is 49.1 Å². The van der Waals surface area contributed by atoms with Crippen LogP contribution < -0.4 is 0 Å². The van der Waals surface area contributed by atoms with Crippen LogP contribution in [0.15, 0.2) is 49.1 Å². The molecule has 0 saturated heterocycles. The Bertz CT molecular complexity index is 230. The van der Waals surface area contributed by atoms with Crippen molar-refractivity contribution in [2.45, 2.75) is 13.8 Å². The Morgan fingerprint density at radius 1 is 0.750 bits per heavy atom. The molecule has 0 aromatic heterocycles. The van der Waals surface area contributed by atoms with E-state index in [0.29, 0.717) is 13.2 Å². The van der Waals surface area contributed by atoms with Crippen molar-refractivity contribution in [1.29, 1.82) is 0 Å². The van der Waals surface area contributed by atoms with E-state index < -0.39 is 15.7 Å². The minimum atomic E-state index is -2.34. The molecule has 0 unspecified atom stereocenters. The van der Waals surface area contributed by atoms with E-state index in [0.717, 1.165) is 0 Å². The summed E-state index contributed by atoms with van der Waals surface area (Å²) >= 11 is 0. The summed E-state index contributed by atoms with van der Waals surface area (Å²) in [6.07, 6.45) is 0. The zero-order chi connectivity index (χ0) is 12.7. The maximum atomic E-state index is 5.92. The normalized spacial score (nSPS) is 11.9. The summed E-state index contributed by atoms with van der Waals surface area (Å²) in [4.78, 5) is 0. The molecule has 0 N–H and O–H groups in total. The Labute approximate surface area is 101 Å². The fraction of sp³-hybridized carbons (Fsp3) is 0.333. The standard InChI is InChI=1S/C12H22O2Si2/c1-7-13-15(9-3,10-4)16(11-5,12-6)14-8-2/h9-12H,3-8H2,1-2H3. The lowest BCUT2D eigenvalue weighted by molar-refractivity contribution is 0.316. The van der Waals surface area contributed by atoms with Gasteiger partial charge in [-0.1, -0.05) is 22.8 Å². The highest BCUT2D eigenvalue weighted by Crippen LogP contribution is 2.26. The van der Waals surface area contributed by atoms with Crippen LogP contribution in [0.2, 0.25) is 0 Å². The summed E-state index contributed by atoms with van der Waals surface area (Å²) in [7, 11) is -4.67. The molecule has 0 amide bonds. The Balaban J connectivity index is 5.55. The molecule has 0 heterocycles. The van der Waals surface area contributed by atoms with Gasteiger partial charge in [0.15, 0.2) is 0 Å². The number of hydrogen-bond acceptors (Lipinski definition) is 2. The molecule has 0 aliphatic carbocycles. The van der Waals surface area contributed by atoms with Gasteiger partial charge < -0.3 is 8.85 Å². The summed E-state index contributed by atoms with van der Waals surface area (Å²) in [5.74, 6) is 0. The third-order valence-corrected chi connectivity index (χ3v) is 14.7. The van der Waals surface area contributed by atoms with E-state index in [9.17, 15) is 0 Å². The number of hydrogen-bond donors (Lipinski definition) is 0. The molecular formula is C12H22O2Si2. The van der Waals surface area contributed by atoms with Gasteiger partial charge in [0.2, 0.25) is 0 Å². The van der Waals surface area contributed by atoms with E-state index in [2.05, 4.69) is 26.3 Å². The van der Waals surface area contributed by atoms with Crippen LogP contribution in [0.1, 0.15) is 13.8 Å². The van der Waals surface area contributed by atoms with Crippen molar-refractivity contribution in [3.63, 3.8) is 0 Å². The van der Waals surface area contributed by atoms with Crippen LogP contribution in [0.3, 0.4) is 0 Å². The van der Waals surface area contributed by atoms with Crippen LogP contribution in [0.4, 0.5) is 0 Å². The largest absolute Gasteiger partial charge is 0.409 e. The van der Waals surface area contributed by atoms with Gasteiger partial charge in [-0.25, -0.2) is 0 Å². The fourth-order valence-corrected chi connectivity index (χ4v) is 11.3. The monoisotopic (exact) mass is 254 g/mol. The highest BCUT2D eigenvalue weighted by Gasteiger charge is 2.52. The van der Waals surface area contributed by atoms with Gasteiger partial charge in [-0.3, -0.25) is 0 Å². The van der Waals surface area contributed by atoms with Crippen molar-refractivity contribution >= 4 is 15.7 Å². The Morgan fingerprint density at radius 2 is 1.00 bits per heavy atom. The van der Waals surface area contributed by atoms with Crippen molar-refractivity contribution in [1.82, 2.24) is 0 Å². The van der Waals surface area contributed by atoms with E-state index >= 15 is 0 Å². The van der Waals surface area contributed by atoms with Crippen LogP contribution in [-0.2, 0) is 8.85 Å². The molecule has 4 heteroatoms. The van der Waals surface area contributed by atoms with Gasteiger partial charge in [0.25, 0.3) is 15.7 Å². The minimum absolute atomic E-state index is 0.619. The first-order chi connectivity index (χ1) is 7.61. The zero-order valence-corrected chi connectivity index (χ0v) is 12.4.